The molecule has 0 radical (unpaired) electrons. The average Bonchev–Trinajstić information content (AvgIpc) is 2.55. The van der Waals surface area contributed by atoms with Gasteiger partial charge in [0.25, 0.3) is 0 Å². The minimum atomic E-state index is 0.0497. The average molecular weight is 176 g/mol. The van der Waals surface area contributed by atoms with E-state index in [0.29, 0.717) is 0 Å². The number of H-pyrrole nitrogens is 1. The second kappa shape index (κ2) is 2.18. The van der Waals surface area contributed by atoms with Gasteiger partial charge in [0, 0.05) is 17.4 Å². The fourth-order valence-corrected chi connectivity index (χ4v) is 2.53. The summed E-state index contributed by atoms with van der Waals surface area (Å²) in [5.74, 6) is 0.809. The quantitative estimate of drug-likeness (QED) is 0.672. The molecule has 3 N–H and O–H groups in total. The number of nitrogens with two attached hydrogens (primary N) is 1. The van der Waals surface area contributed by atoms with Crippen LogP contribution in [-0.2, 0) is 18.4 Å². The van der Waals surface area contributed by atoms with Gasteiger partial charge in [0.05, 0.1) is 0 Å². The molecule has 2 heteroatoms. The van der Waals surface area contributed by atoms with E-state index in [1.54, 1.807) is 0 Å². The summed E-state index contributed by atoms with van der Waals surface area (Å²) in [7, 11) is 0. The monoisotopic (exact) mass is 176 g/mol. The normalized spacial score (nSPS) is 28.9. The van der Waals surface area contributed by atoms with Gasteiger partial charge in [-0.2, -0.15) is 0 Å². The van der Waals surface area contributed by atoms with Crippen molar-refractivity contribution in [3.63, 3.8) is 0 Å². The zero-order valence-electron chi connectivity index (χ0n) is 8.06. The molecule has 13 heavy (non-hydrogen) atoms. The van der Waals surface area contributed by atoms with E-state index in [-0.39, 0.29) is 5.54 Å². The van der Waals surface area contributed by atoms with Crippen LogP contribution in [-0.4, -0.2) is 4.98 Å². The molecule has 1 fully saturated rings. The lowest BCUT2D eigenvalue weighted by Gasteiger charge is -2.08. The van der Waals surface area contributed by atoms with Crippen LogP contribution in [0.25, 0.3) is 0 Å². The molecule has 1 heterocycles. The van der Waals surface area contributed by atoms with E-state index in [2.05, 4.69) is 18.1 Å². The van der Waals surface area contributed by atoms with Crippen molar-refractivity contribution in [1.82, 2.24) is 4.98 Å². The van der Waals surface area contributed by atoms with E-state index in [4.69, 9.17) is 5.73 Å². The second-order valence-corrected chi connectivity index (χ2v) is 4.83. The molecule has 3 rings (SSSR count). The van der Waals surface area contributed by atoms with Gasteiger partial charge in [-0.25, -0.2) is 0 Å². The standard InChI is InChI=1S/C11H16N2/c1-7-4-8-9(11(12)2-3-11)6-13-10(8)5-7/h6-7,13H,2-5,12H2,1H3. The topological polar surface area (TPSA) is 41.8 Å². The predicted molar refractivity (Wildman–Crippen MR) is 52.5 cm³/mol. The van der Waals surface area contributed by atoms with Crippen LogP contribution in [0, 0.1) is 5.92 Å². The molecule has 1 atom stereocenters. The van der Waals surface area contributed by atoms with Crippen molar-refractivity contribution in [1.29, 1.82) is 0 Å². The van der Waals surface area contributed by atoms with Gasteiger partial charge in [0.1, 0.15) is 0 Å². The maximum absolute atomic E-state index is 6.21. The summed E-state index contributed by atoms with van der Waals surface area (Å²) in [5.41, 5.74) is 10.6. The predicted octanol–water partition coefficient (Wildman–Crippen LogP) is 1.70. The number of aromatic nitrogens is 1. The third-order valence-corrected chi connectivity index (χ3v) is 3.51. The molecule has 1 unspecified atom stereocenters. The first-order chi connectivity index (χ1) is 6.19. The van der Waals surface area contributed by atoms with Gasteiger partial charge in [-0.3, -0.25) is 0 Å². The van der Waals surface area contributed by atoms with Crippen LogP contribution in [0.4, 0.5) is 0 Å². The Balaban J connectivity index is 2.05. The number of nitrogens with one attached hydrogen (secondary N) is 1. The second-order valence-electron chi connectivity index (χ2n) is 4.83. The van der Waals surface area contributed by atoms with Gasteiger partial charge >= 0.3 is 0 Å². The SMILES string of the molecule is CC1Cc2[nH]cc(C3(N)CC3)c2C1. The molecule has 0 spiro atoms. The summed E-state index contributed by atoms with van der Waals surface area (Å²) in [6.45, 7) is 2.31. The number of aromatic amines is 1. The maximum Gasteiger partial charge on any atom is 0.0429 e. The highest BCUT2D eigenvalue weighted by atomic mass is 14.8. The number of rotatable bonds is 1. The first kappa shape index (κ1) is 7.63. The van der Waals surface area contributed by atoms with Crippen LogP contribution < -0.4 is 5.73 Å². The third kappa shape index (κ3) is 0.983. The Labute approximate surface area is 78.5 Å². The molecule has 0 saturated heterocycles. The van der Waals surface area contributed by atoms with E-state index in [0.717, 1.165) is 5.92 Å². The van der Waals surface area contributed by atoms with Crippen molar-refractivity contribution in [3.8, 4) is 0 Å². The Kier molecular flexibility index (Phi) is 1.28. The van der Waals surface area contributed by atoms with E-state index < -0.39 is 0 Å². The Morgan fingerprint density at radius 3 is 2.92 bits per heavy atom. The molecule has 0 aliphatic heterocycles. The summed E-state index contributed by atoms with van der Waals surface area (Å²) in [5, 5.41) is 0. The van der Waals surface area contributed by atoms with Gasteiger partial charge < -0.3 is 10.7 Å². The molecule has 0 amide bonds. The third-order valence-electron chi connectivity index (χ3n) is 3.51. The summed E-state index contributed by atoms with van der Waals surface area (Å²) in [4.78, 5) is 3.38. The van der Waals surface area contributed by atoms with Gasteiger partial charge in [-0.1, -0.05) is 6.92 Å². The van der Waals surface area contributed by atoms with Crippen LogP contribution in [0.15, 0.2) is 6.20 Å². The first-order valence-corrected chi connectivity index (χ1v) is 5.17. The molecule has 2 aliphatic carbocycles. The van der Waals surface area contributed by atoms with Crippen molar-refractivity contribution in [2.24, 2.45) is 11.7 Å². The van der Waals surface area contributed by atoms with E-state index in [9.17, 15) is 0 Å². The van der Waals surface area contributed by atoms with Crippen molar-refractivity contribution in [3.05, 3.63) is 23.0 Å². The van der Waals surface area contributed by atoms with Gasteiger partial charge in [0.2, 0.25) is 0 Å². The highest BCUT2D eigenvalue weighted by Gasteiger charge is 2.43. The molecule has 0 aromatic carbocycles. The van der Waals surface area contributed by atoms with Gasteiger partial charge in [-0.15, -0.1) is 0 Å². The molecule has 1 saturated carbocycles. The Morgan fingerprint density at radius 1 is 1.46 bits per heavy atom. The summed E-state index contributed by atoms with van der Waals surface area (Å²) >= 11 is 0. The molecule has 2 aliphatic rings. The smallest absolute Gasteiger partial charge is 0.0429 e. The van der Waals surface area contributed by atoms with Crippen LogP contribution in [0.5, 0.6) is 0 Å². The number of fused-ring (bicyclic) bond motifs is 1. The maximum atomic E-state index is 6.21. The summed E-state index contributed by atoms with van der Waals surface area (Å²) < 4.78 is 0. The largest absolute Gasteiger partial charge is 0.364 e. The van der Waals surface area contributed by atoms with Crippen LogP contribution in [0.3, 0.4) is 0 Å². The summed E-state index contributed by atoms with van der Waals surface area (Å²) in [6.07, 6.45) is 6.93. The van der Waals surface area contributed by atoms with E-state index in [1.165, 1.54) is 42.5 Å². The highest BCUT2D eigenvalue weighted by molar-refractivity contribution is 5.42. The first-order valence-electron chi connectivity index (χ1n) is 5.17. The molecular formula is C11H16N2. The summed E-state index contributed by atoms with van der Waals surface area (Å²) in [6, 6.07) is 0. The van der Waals surface area contributed by atoms with Crippen LogP contribution >= 0.6 is 0 Å². The number of hydrogen-bond acceptors (Lipinski definition) is 1. The Bertz CT molecular complexity index is 347. The molecule has 70 valence electrons. The molecule has 2 nitrogen and oxygen atoms in total. The Morgan fingerprint density at radius 2 is 2.23 bits per heavy atom. The van der Waals surface area contributed by atoms with Gasteiger partial charge in [0.15, 0.2) is 0 Å². The zero-order chi connectivity index (χ0) is 9.05. The molecule has 1 aromatic rings. The van der Waals surface area contributed by atoms with Crippen molar-refractivity contribution in [2.45, 2.75) is 38.1 Å². The molecular weight excluding hydrogens is 160 g/mol. The molecule has 1 aromatic heterocycles. The van der Waals surface area contributed by atoms with Crippen molar-refractivity contribution in [2.75, 3.05) is 0 Å². The number of hydrogen-bond donors (Lipinski definition) is 2. The van der Waals surface area contributed by atoms with Crippen molar-refractivity contribution >= 4 is 0 Å². The lowest BCUT2D eigenvalue weighted by molar-refractivity contribution is 0.613. The fraction of sp³-hybridized carbons (Fsp3) is 0.636. The van der Waals surface area contributed by atoms with Crippen molar-refractivity contribution < 1.29 is 0 Å². The van der Waals surface area contributed by atoms with E-state index in [1.807, 2.05) is 0 Å². The van der Waals surface area contributed by atoms with Crippen LogP contribution in [0.1, 0.15) is 36.6 Å². The zero-order valence-corrected chi connectivity index (χ0v) is 8.06. The van der Waals surface area contributed by atoms with Gasteiger partial charge in [-0.05, 0) is 42.7 Å². The molecule has 0 bridgehead atoms. The lowest BCUT2D eigenvalue weighted by atomic mass is 10.0. The Hall–Kier alpha value is -0.760. The van der Waals surface area contributed by atoms with Crippen LogP contribution in [0.2, 0.25) is 0 Å². The minimum absolute atomic E-state index is 0.0497. The highest BCUT2D eigenvalue weighted by Crippen LogP contribution is 2.46. The fourth-order valence-electron chi connectivity index (χ4n) is 2.53. The minimum Gasteiger partial charge on any atom is -0.364 e. The van der Waals surface area contributed by atoms with E-state index >= 15 is 0 Å². The lowest BCUT2D eigenvalue weighted by Crippen LogP contribution is -2.19.